The van der Waals surface area contributed by atoms with Crippen LogP contribution in [0.2, 0.25) is 0 Å². The maximum atomic E-state index is 12.9. The SMILES string of the molecule is Cc1ccc(Sc2cncc3sc(C(=O)NCC(O)COC(=O)c4cc5c(Sc6ccc(C)cc6)cncc5s4)cc23)cc1. The van der Waals surface area contributed by atoms with Crippen LogP contribution >= 0.6 is 46.2 Å². The van der Waals surface area contributed by atoms with Crippen LogP contribution in [0.4, 0.5) is 0 Å². The van der Waals surface area contributed by atoms with Gasteiger partial charge in [-0.25, -0.2) is 4.79 Å². The molecule has 0 aliphatic carbocycles. The van der Waals surface area contributed by atoms with Crippen LogP contribution in [0.1, 0.15) is 30.5 Å². The van der Waals surface area contributed by atoms with E-state index in [1.54, 1.807) is 54.4 Å². The Hall–Kier alpha value is -3.74. The van der Waals surface area contributed by atoms with Gasteiger partial charge in [-0.2, -0.15) is 0 Å². The molecule has 0 radical (unpaired) electrons. The number of nitrogens with one attached hydrogen (secondary N) is 1. The number of benzene rings is 2. The average Bonchev–Trinajstić information content (AvgIpc) is 3.67. The highest BCUT2D eigenvalue weighted by molar-refractivity contribution is 7.99. The summed E-state index contributed by atoms with van der Waals surface area (Å²) in [5.41, 5.74) is 2.38. The summed E-state index contributed by atoms with van der Waals surface area (Å²) in [6, 6.07) is 20.1. The molecule has 0 spiro atoms. The fourth-order valence-electron chi connectivity index (χ4n) is 4.31. The highest BCUT2D eigenvalue weighted by atomic mass is 32.2. The number of thiophene rings is 2. The quantitative estimate of drug-likeness (QED) is 0.144. The Morgan fingerprint density at radius 3 is 1.84 bits per heavy atom. The zero-order chi connectivity index (χ0) is 30.6. The van der Waals surface area contributed by atoms with Crippen LogP contribution in [-0.2, 0) is 4.74 Å². The minimum Gasteiger partial charge on any atom is -0.459 e. The maximum Gasteiger partial charge on any atom is 0.348 e. The molecule has 1 unspecified atom stereocenters. The number of fused-ring (bicyclic) bond motifs is 2. The monoisotopic (exact) mass is 657 g/mol. The summed E-state index contributed by atoms with van der Waals surface area (Å²) < 4.78 is 7.17. The van der Waals surface area contributed by atoms with Crippen molar-refractivity contribution >= 4 is 78.2 Å². The lowest BCUT2D eigenvalue weighted by Gasteiger charge is -2.11. The summed E-state index contributed by atoms with van der Waals surface area (Å²) in [4.78, 5) is 39.4. The van der Waals surface area contributed by atoms with E-state index >= 15 is 0 Å². The van der Waals surface area contributed by atoms with Crippen molar-refractivity contribution in [3.8, 4) is 0 Å². The third-order valence-electron chi connectivity index (χ3n) is 6.65. The number of rotatable bonds is 10. The van der Waals surface area contributed by atoms with Crippen molar-refractivity contribution in [2.24, 2.45) is 0 Å². The van der Waals surface area contributed by atoms with Gasteiger partial charge in [0.25, 0.3) is 5.91 Å². The second-order valence-electron chi connectivity index (χ2n) is 10.1. The van der Waals surface area contributed by atoms with Gasteiger partial charge in [-0.05, 0) is 50.2 Å². The second kappa shape index (κ2) is 13.5. The van der Waals surface area contributed by atoms with Gasteiger partial charge in [-0.15, -0.1) is 22.7 Å². The van der Waals surface area contributed by atoms with Crippen molar-refractivity contribution in [2.75, 3.05) is 13.2 Å². The molecule has 11 heteroatoms. The summed E-state index contributed by atoms with van der Waals surface area (Å²) in [7, 11) is 0. The van der Waals surface area contributed by atoms with Crippen LogP contribution in [0.3, 0.4) is 0 Å². The first-order valence-electron chi connectivity index (χ1n) is 13.7. The Morgan fingerprint density at radius 2 is 1.30 bits per heavy atom. The van der Waals surface area contributed by atoms with Gasteiger partial charge in [0.2, 0.25) is 0 Å². The zero-order valence-electron chi connectivity index (χ0n) is 23.8. The van der Waals surface area contributed by atoms with Gasteiger partial charge in [0.05, 0.1) is 14.3 Å². The molecule has 4 heterocycles. The molecule has 2 aromatic carbocycles. The summed E-state index contributed by atoms with van der Waals surface area (Å²) in [6.07, 6.45) is 6.01. The van der Waals surface area contributed by atoms with Gasteiger partial charge in [0.1, 0.15) is 17.6 Å². The first-order chi connectivity index (χ1) is 21.3. The van der Waals surface area contributed by atoms with Crippen molar-refractivity contribution in [3.63, 3.8) is 0 Å². The van der Waals surface area contributed by atoms with E-state index in [1.807, 2.05) is 19.9 Å². The molecule has 0 aliphatic rings. The fourth-order valence-corrected chi connectivity index (χ4v) is 8.20. The molecule has 1 amide bonds. The van der Waals surface area contributed by atoms with Crippen LogP contribution in [0.5, 0.6) is 0 Å². The number of carbonyl (C=O) groups excluding carboxylic acids is 2. The molecule has 0 fully saturated rings. The van der Waals surface area contributed by atoms with Crippen LogP contribution in [0, 0.1) is 13.8 Å². The van der Waals surface area contributed by atoms with Gasteiger partial charge in [-0.3, -0.25) is 14.8 Å². The van der Waals surface area contributed by atoms with Gasteiger partial charge in [0, 0.05) is 61.7 Å². The molecule has 1 atom stereocenters. The molecule has 4 aromatic heterocycles. The van der Waals surface area contributed by atoms with E-state index in [0.717, 1.165) is 39.8 Å². The van der Waals surface area contributed by atoms with Crippen molar-refractivity contribution < 1.29 is 19.4 Å². The highest BCUT2D eigenvalue weighted by Crippen LogP contribution is 2.38. The molecule has 0 saturated carbocycles. The molecular formula is C33H27N3O4S4. The molecule has 0 aliphatic heterocycles. The van der Waals surface area contributed by atoms with E-state index in [9.17, 15) is 14.7 Å². The molecule has 2 N–H and O–H groups in total. The Balaban J connectivity index is 1.04. The van der Waals surface area contributed by atoms with Gasteiger partial charge >= 0.3 is 5.97 Å². The minimum atomic E-state index is -1.06. The molecule has 222 valence electrons. The van der Waals surface area contributed by atoms with Crippen molar-refractivity contribution in [1.29, 1.82) is 0 Å². The first-order valence-corrected chi connectivity index (χ1v) is 17.0. The molecule has 6 aromatic rings. The lowest BCUT2D eigenvalue weighted by molar-refractivity contribution is 0.0265. The number of carbonyl (C=O) groups is 2. The summed E-state index contributed by atoms with van der Waals surface area (Å²) in [5.74, 6) is -0.836. The lowest BCUT2D eigenvalue weighted by Crippen LogP contribution is -2.34. The predicted octanol–water partition coefficient (Wildman–Crippen LogP) is 7.77. The number of aryl methyl sites for hydroxylation is 2. The Morgan fingerprint density at radius 1 is 0.795 bits per heavy atom. The van der Waals surface area contributed by atoms with Crippen LogP contribution in [0.15, 0.2) is 105 Å². The second-order valence-corrected chi connectivity index (χ2v) is 14.5. The molecule has 0 saturated heterocycles. The largest absolute Gasteiger partial charge is 0.459 e. The van der Waals surface area contributed by atoms with E-state index < -0.39 is 12.1 Å². The van der Waals surface area contributed by atoms with E-state index in [0.29, 0.717) is 9.75 Å². The standard InChI is InChI=1S/C33H27N3O4S4/c1-19-3-7-22(8-4-19)41-28-14-34-16-30-24(28)11-26(43-30)32(38)36-13-21(37)18-40-33(39)27-12-25-29(15-35-17-31(25)44-27)42-23-9-5-20(2)6-10-23/h3-12,14-17,21,37H,13,18H2,1-2H3,(H,36,38). The minimum absolute atomic E-state index is 0.0583. The Kier molecular flexibility index (Phi) is 9.29. The number of esters is 1. The number of aliphatic hydroxyl groups is 1. The van der Waals surface area contributed by atoms with Crippen molar-refractivity contribution in [2.45, 2.75) is 39.5 Å². The lowest BCUT2D eigenvalue weighted by atomic mass is 10.2. The van der Waals surface area contributed by atoms with E-state index in [2.05, 4.69) is 63.8 Å². The molecule has 0 bridgehead atoms. The predicted molar refractivity (Wildman–Crippen MR) is 178 cm³/mol. The van der Waals surface area contributed by atoms with Gasteiger partial charge < -0.3 is 15.2 Å². The number of nitrogens with zero attached hydrogens (tertiary/aromatic N) is 2. The smallest absolute Gasteiger partial charge is 0.348 e. The Labute approximate surface area is 270 Å². The average molecular weight is 658 g/mol. The molecule has 7 nitrogen and oxygen atoms in total. The summed E-state index contributed by atoms with van der Waals surface area (Å²) in [6.45, 7) is 3.79. The molecule has 44 heavy (non-hydrogen) atoms. The van der Waals surface area contributed by atoms with Gasteiger partial charge in [-0.1, -0.05) is 58.9 Å². The maximum absolute atomic E-state index is 12.9. The van der Waals surface area contributed by atoms with Gasteiger partial charge in [0.15, 0.2) is 0 Å². The third kappa shape index (κ3) is 7.14. The summed E-state index contributed by atoms with van der Waals surface area (Å²) >= 11 is 5.83. The van der Waals surface area contributed by atoms with E-state index in [4.69, 9.17) is 4.74 Å². The zero-order valence-corrected chi connectivity index (χ0v) is 27.0. The number of amides is 1. The number of hydrogen-bond acceptors (Lipinski definition) is 10. The fraction of sp³-hybridized carbons (Fsp3) is 0.152. The molecular weight excluding hydrogens is 631 g/mol. The summed E-state index contributed by atoms with van der Waals surface area (Å²) in [5, 5.41) is 15.1. The van der Waals surface area contributed by atoms with Crippen LogP contribution < -0.4 is 5.32 Å². The highest BCUT2D eigenvalue weighted by Gasteiger charge is 2.18. The number of aromatic nitrogens is 2. The normalized spacial score (nSPS) is 12.0. The van der Waals surface area contributed by atoms with E-state index in [-0.39, 0.29) is 19.1 Å². The first kappa shape index (κ1) is 30.3. The number of hydrogen-bond donors (Lipinski definition) is 2. The van der Waals surface area contributed by atoms with Crippen LogP contribution in [-0.4, -0.2) is 46.2 Å². The topological polar surface area (TPSA) is 101 Å². The van der Waals surface area contributed by atoms with Crippen molar-refractivity contribution in [3.05, 3.63) is 106 Å². The van der Waals surface area contributed by atoms with E-state index in [1.165, 1.54) is 33.8 Å². The molecule has 6 rings (SSSR count). The van der Waals surface area contributed by atoms with Crippen LogP contribution in [0.25, 0.3) is 20.2 Å². The third-order valence-corrected chi connectivity index (χ3v) is 10.9. The van der Waals surface area contributed by atoms with Crippen molar-refractivity contribution in [1.82, 2.24) is 15.3 Å². The Bertz CT molecular complexity index is 1810. The number of pyridine rings is 2. The number of aliphatic hydroxyl groups excluding tert-OH is 1. The number of ether oxygens (including phenoxy) is 1.